The van der Waals surface area contributed by atoms with Gasteiger partial charge in [0.1, 0.15) is 5.75 Å². The monoisotopic (exact) mass is 379 g/mol. The Kier molecular flexibility index (Phi) is 5.48. The van der Waals surface area contributed by atoms with Crippen molar-refractivity contribution in [2.75, 3.05) is 20.2 Å². The summed E-state index contributed by atoms with van der Waals surface area (Å²) in [4.78, 5) is 16.2. The number of halogens is 1. The topological polar surface area (TPSA) is 86.5 Å². The second kappa shape index (κ2) is 7.63. The lowest BCUT2D eigenvalue weighted by molar-refractivity contribution is 0.0600. The van der Waals surface area contributed by atoms with Crippen molar-refractivity contribution in [3.63, 3.8) is 0 Å². The highest BCUT2D eigenvalue weighted by Crippen LogP contribution is 2.47. The van der Waals surface area contributed by atoms with Gasteiger partial charge in [-0.15, -0.1) is 12.4 Å². The van der Waals surface area contributed by atoms with E-state index in [2.05, 4.69) is 15.5 Å². The summed E-state index contributed by atoms with van der Waals surface area (Å²) < 4.78 is 16.0. The van der Waals surface area contributed by atoms with E-state index in [0.717, 1.165) is 25.4 Å². The lowest BCUT2D eigenvalue weighted by Crippen LogP contribution is -2.31. The van der Waals surface area contributed by atoms with Crippen molar-refractivity contribution in [3.8, 4) is 5.75 Å². The number of aromatic nitrogens is 2. The number of nitrogens with zero attached hydrogens (tertiary/aromatic N) is 2. The highest BCUT2D eigenvalue weighted by Gasteiger charge is 2.51. The van der Waals surface area contributed by atoms with Gasteiger partial charge in [0.2, 0.25) is 11.7 Å². The molecule has 1 saturated carbocycles. The first-order chi connectivity index (χ1) is 12.2. The van der Waals surface area contributed by atoms with Gasteiger partial charge in [-0.1, -0.05) is 17.6 Å². The third kappa shape index (κ3) is 3.29. The molecule has 4 rings (SSSR count). The van der Waals surface area contributed by atoms with Gasteiger partial charge in [0.25, 0.3) is 0 Å². The number of carbonyl (C=O) groups excluding carboxylic acids is 1. The Morgan fingerprint density at radius 1 is 1.46 bits per heavy atom. The van der Waals surface area contributed by atoms with E-state index in [0.29, 0.717) is 23.1 Å². The van der Waals surface area contributed by atoms with Crippen LogP contribution in [0.15, 0.2) is 28.8 Å². The summed E-state index contributed by atoms with van der Waals surface area (Å²) in [5.74, 6) is 1.99. The second-order valence-electron chi connectivity index (χ2n) is 6.70. The average Bonchev–Trinajstić information content (AvgIpc) is 3.34. The molecule has 1 N–H and O–H groups in total. The van der Waals surface area contributed by atoms with Gasteiger partial charge in [-0.3, -0.25) is 0 Å². The molecule has 0 spiro atoms. The number of carbonyl (C=O) groups is 1. The van der Waals surface area contributed by atoms with E-state index in [1.165, 1.54) is 20.0 Å². The van der Waals surface area contributed by atoms with Crippen LogP contribution in [-0.2, 0) is 16.8 Å². The van der Waals surface area contributed by atoms with Gasteiger partial charge in [0.15, 0.2) is 6.61 Å². The van der Waals surface area contributed by atoms with Gasteiger partial charge in [0.05, 0.1) is 18.1 Å². The first kappa shape index (κ1) is 18.7. The molecule has 1 aliphatic heterocycles. The van der Waals surface area contributed by atoms with Crippen molar-refractivity contribution in [3.05, 3.63) is 41.5 Å². The van der Waals surface area contributed by atoms with Gasteiger partial charge in [-0.2, -0.15) is 4.98 Å². The lowest BCUT2D eigenvalue weighted by Gasteiger charge is -2.22. The molecule has 0 unspecified atom stereocenters. The molecule has 1 saturated heterocycles. The molecule has 26 heavy (non-hydrogen) atoms. The molecule has 0 radical (unpaired) electrons. The van der Waals surface area contributed by atoms with E-state index in [-0.39, 0.29) is 24.4 Å². The number of fused-ring (bicyclic) bond motifs is 1. The Morgan fingerprint density at radius 3 is 3.19 bits per heavy atom. The first-order valence-electron chi connectivity index (χ1n) is 8.56. The standard InChI is InChI=1S/C18H21N3O4.ClH/c1-23-16(22)12-4-2-6-14(8-12)24-10-15-20-17(25-21-15)18-7-3-5-13(18)9-19-11-18;/h2,4,6,8,13,19H,3,5,7,9-11H2,1H3;1H/t13-,18-;/m1./s1. The van der Waals surface area contributed by atoms with E-state index in [1.54, 1.807) is 24.3 Å². The molecular formula is C18H22ClN3O4. The molecule has 0 amide bonds. The van der Waals surface area contributed by atoms with Crippen molar-refractivity contribution in [2.24, 2.45) is 5.92 Å². The maximum atomic E-state index is 11.6. The van der Waals surface area contributed by atoms with Gasteiger partial charge >= 0.3 is 5.97 Å². The Hall–Kier alpha value is -2.12. The van der Waals surface area contributed by atoms with Gasteiger partial charge in [-0.05, 0) is 43.5 Å². The first-order valence-corrected chi connectivity index (χ1v) is 8.56. The number of hydrogen-bond donors (Lipinski definition) is 1. The van der Waals surface area contributed by atoms with Crippen LogP contribution in [0.1, 0.15) is 41.3 Å². The third-order valence-electron chi connectivity index (χ3n) is 5.31. The van der Waals surface area contributed by atoms with Crippen LogP contribution < -0.4 is 10.1 Å². The molecule has 1 aliphatic carbocycles. The highest BCUT2D eigenvalue weighted by atomic mass is 35.5. The van der Waals surface area contributed by atoms with Gasteiger partial charge in [0, 0.05) is 6.54 Å². The van der Waals surface area contributed by atoms with Crippen molar-refractivity contribution in [1.29, 1.82) is 0 Å². The van der Waals surface area contributed by atoms with Crippen molar-refractivity contribution < 1.29 is 18.8 Å². The Labute approximate surface area is 157 Å². The number of ether oxygens (including phenoxy) is 2. The fourth-order valence-electron chi connectivity index (χ4n) is 3.99. The van der Waals surface area contributed by atoms with Crippen LogP contribution in [0.3, 0.4) is 0 Å². The number of benzene rings is 1. The Bertz CT molecular complexity index is 769. The van der Waals surface area contributed by atoms with Crippen molar-refractivity contribution >= 4 is 18.4 Å². The van der Waals surface area contributed by atoms with Crippen LogP contribution in [0.4, 0.5) is 0 Å². The molecule has 8 heteroatoms. The molecule has 1 aromatic heterocycles. The van der Waals surface area contributed by atoms with E-state index in [4.69, 9.17) is 14.0 Å². The van der Waals surface area contributed by atoms with Crippen LogP contribution in [0.2, 0.25) is 0 Å². The molecule has 0 bridgehead atoms. The maximum Gasteiger partial charge on any atom is 0.337 e. The fourth-order valence-corrected chi connectivity index (χ4v) is 3.99. The minimum atomic E-state index is -0.396. The predicted molar refractivity (Wildman–Crippen MR) is 95.5 cm³/mol. The zero-order valence-corrected chi connectivity index (χ0v) is 15.4. The van der Waals surface area contributed by atoms with E-state index in [1.807, 2.05) is 0 Å². The normalized spacial score (nSPS) is 24.0. The number of hydrogen-bond acceptors (Lipinski definition) is 7. The summed E-state index contributed by atoms with van der Waals surface area (Å²) in [5.41, 5.74) is 0.439. The fraction of sp³-hybridized carbons (Fsp3) is 0.500. The van der Waals surface area contributed by atoms with Crippen molar-refractivity contribution in [2.45, 2.75) is 31.3 Å². The number of rotatable bonds is 5. The van der Waals surface area contributed by atoms with Crippen LogP contribution in [0.5, 0.6) is 5.75 Å². The highest BCUT2D eigenvalue weighted by molar-refractivity contribution is 5.89. The predicted octanol–water partition coefficient (Wildman–Crippen LogP) is 2.50. The second-order valence-corrected chi connectivity index (χ2v) is 6.70. The van der Waals surface area contributed by atoms with Crippen LogP contribution in [0.25, 0.3) is 0 Å². The minimum absolute atomic E-state index is 0. The molecule has 2 heterocycles. The molecule has 140 valence electrons. The molecule has 7 nitrogen and oxygen atoms in total. The van der Waals surface area contributed by atoms with Crippen molar-refractivity contribution in [1.82, 2.24) is 15.5 Å². The van der Waals surface area contributed by atoms with Gasteiger partial charge < -0.3 is 19.3 Å². The molecule has 2 fully saturated rings. The molecule has 2 aromatic rings. The van der Waals surface area contributed by atoms with E-state index in [9.17, 15) is 4.79 Å². The zero-order valence-electron chi connectivity index (χ0n) is 14.6. The third-order valence-corrected chi connectivity index (χ3v) is 5.31. The van der Waals surface area contributed by atoms with Gasteiger partial charge in [-0.25, -0.2) is 4.79 Å². The quantitative estimate of drug-likeness (QED) is 0.798. The molecular weight excluding hydrogens is 358 g/mol. The number of esters is 1. The van der Waals surface area contributed by atoms with E-state index < -0.39 is 5.97 Å². The summed E-state index contributed by atoms with van der Waals surface area (Å²) in [7, 11) is 1.35. The summed E-state index contributed by atoms with van der Waals surface area (Å²) in [6, 6.07) is 6.84. The summed E-state index contributed by atoms with van der Waals surface area (Å²) in [6.45, 7) is 2.12. The average molecular weight is 380 g/mol. The Balaban J connectivity index is 0.00000196. The number of methoxy groups -OCH3 is 1. The lowest BCUT2D eigenvalue weighted by atomic mass is 9.80. The van der Waals surface area contributed by atoms with Crippen LogP contribution in [0, 0.1) is 5.92 Å². The zero-order chi connectivity index (χ0) is 17.3. The summed E-state index contributed by atoms with van der Waals surface area (Å²) >= 11 is 0. The number of nitrogens with one attached hydrogen (secondary N) is 1. The summed E-state index contributed by atoms with van der Waals surface area (Å²) in [5, 5.41) is 7.52. The smallest absolute Gasteiger partial charge is 0.337 e. The summed E-state index contributed by atoms with van der Waals surface area (Å²) in [6.07, 6.45) is 3.51. The largest absolute Gasteiger partial charge is 0.485 e. The van der Waals surface area contributed by atoms with E-state index >= 15 is 0 Å². The Morgan fingerprint density at radius 2 is 2.35 bits per heavy atom. The molecule has 2 atom stereocenters. The van der Waals surface area contributed by atoms with Crippen LogP contribution >= 0.6 is 12.4 Å². The minimum Gasteiger partial charge on any atom is -0.485 e. The molecule has 1 aromatic carbocycles. The SMILES string of the molecule is COC(=O)c1cccc(OCc2noc([C@@]34CCC[C@@H]3CNC4)n2)c1.Cl. The maximum absolute atomic E-state index is 11.6. The molecule has 2 aliphatic rings. The van der Waals surface area contributed by atoms with Crippen LogP contribution in [-0.4, -0.2) is 36.3 Å².